The molecule has 0 spiro atoms. The van der Waals surface area contributed by atoms with E-state index < -0.39 is 11.7 Å². The maximum atomic E-state index is 13.7. The molecule has 0 aliphatic heterocycles. The summed E-state index contributed by atoms with van der Waals surface area (Å²) in [7, 11) is 1.80. The van der Waals surface area contributed by atoms with E-state index in [4.69, 9.17) is 0 Å². The van der Waals surface area contributed by atoms with E-state index in [2.05, 4.69) is 10.4 Å². The Labute approximate surface area is 104 Å². The molecular weight excluding hydrogens is 233 g/mol. The second kappa shape index (κ2) is 5.00. The summed E-state index contributed by atoms with van der Waals surface area (Å²) in [6.07, 6.45) is 3.46. The molecule has 0 aliphatic rings. The number of nitrogens with zero attached hydrogens (tertiary/aromatic N) is 2. The lowest BCUT2D eigenvalue weighted by Gasteiger charge is -2.06. The molecule has 2 aromatic rings. The zero-order chi connectivity index (χ0) is 13.1. The molecule has 1 N–H and O–H groups in total. The third-order valence-corrected chi connectivity index (χ3v) is 2.65. The highest BCUT2D eigenvalue weighted by atomic mass is 19.1. The van der Waals surface area contributed by atoms with Gasteiger partial charge in [-0.2, -0.15) is 5.10 Å². The predicted octanol–water partition coefficient (Wildman–Crippen LogP) is 1.80. The number of carbonyl (C=O) groups is 1. The average molecular weight is 247 g/mol. The average Bonchev–Trinajstić information content (AvgIpc) is 2.76. The van der Waals surface area contributed by atoms with Crippen LogP contribution in [0.3, 0.4) is 0 Å². The van der Waals surface area contributed by atoms with Crippen LogP contribution >= 0.6 is 0 Å². The van der Waals surface area contributed by atoms with Crippen molar-refractivity contribution in [3.05, 3.63) is 53.1 Å². The number of amides is 1. The minimum Gasteiger partial charge on any atom is -0.348 e. The van der Waals surface area contributed by atoms with Crippen LogP contribution in [0.25, 0.3) is 0 Å². The number of halogens is 1. The summed E-state index contributed by atoms with van der Waals surface area (Å²) in [6, 6.07) is 4.77. The van der Waals surface area contributed by atoms with Crippen LogP contribution in [0.4, 0.5) is 4.39 Å². The van der Waals surface area contributed by atoms with E-state index in [9.17, 15) is 9.18 Å². The summed E-state index contributed by atoms with van der Waals surface area (Å²) >= 11 is 0. The monoisotopic (exact) mass is 247 g/mol. The molecule has 94 valence electrons. The maximum absolute atomic E-state index is 13.7. The molecule has 1 aromatic heterocycles. The van der Waals surface area contributed by atoms with E-state index in [1.165, 1.54) is 6.07 Å². The SMILES string of the molecule is Cc1cccc(C(=O)NCc2cnn(C)c2)c1F. The molecule has 0 atom stereocenters. The Bertz CT molecular complexity index is 577. The van der Waals surface area contributed by atoms with Crippen molar-refractivity contribution in [3.8, 4) is 0 Å². The minimum absolute atomic E-state index is 0.0684. The Morgan fingerprint density at radius 2 is 2.28 bits per heavy atom. The Kier molecular flexibility index (Phi) is 3.41. The molecule has 18 heavy (non-hydrogen) atoms. The molecular formula is C13H14FN3O. The van der Waals surface area contributed by atoms with E-state index in [0.717, 1.165) is 5.56 Å². The van der Waals surface area contributed by atoms with E-state index in [1.54, 1.807) is 43.2 Å². The molecule has 2 rings (SSSR count). The van der Waals surface area contributed by atoms with Crippen LogP contribution in [-0.4, -0.2) is 15.7 Å². The Hall–Kier alpha value is -2.17. The van der Waals surface area contributed by atoms with Crippen molar-refractivity contribution in [2.24, 2.45) is 7.05 Å². The van der Waals surface area contributed by atoms with Gasteiger partial charge in [0.25, 0.3) is 5.91 Å². The second-order valence-corrected chi connectivity index (χ2v) is 4.14. The molecule has 0 saturated carbocycles. The molecule has 0 aliphatic carbocycles. The van der Waals surface area contributed by atoms with Gasteiger partial charge < -0.3 is 5.32 Å². The molecule has 5 heteroatoms. The van der Waals surface area contributed by atoms with Crippen LogP contribution < -0.4 is 5.32 Å². The fourth-order valence-electron chi connectivity index (χ4n) is 1.66. The number of rotatable bonds is 3. The Morgan fingerprint density at radius 1 is 1.50 bits per heavy atom. The highest BCUT2D eigenvalue weighted by Crippen LogP contribution is 2.11. The van der Waals surface area contributed by atoms with Crippen LogP contribution in [0.1, 0.15) is 21.5 Å². The first-order valence-electron chi connectivity index (χ1n) is 5.59. The number of carbonyl (C=O) groups excluding carboxylic acids is 1. The maximum Gasteiger partial charge on any atom is 0.254 e. The van der Waals surface area contributed by atoms with Crippen molar-refractivity contribution in [2.75, 3.05) is 0 Å². The van der Waals surface area contributed by atoms with Crippen molar-refractivity contribution >= 4 is 5.91 Å². The number of benzene rings is 1. The molecule has 1 aromatic carbocycles. The van der Waals surface area contributed by atoms with Gasteiger partial charge >= 0.3 is 0 Å². The fraction of sp³-hybridized carbons (Fsp3) is 0.231. The molecule has 0 saturated heterocycles. The summed E-state index contributed by atoms with van der Waals surface area (Å²) in [6.45, 7) is 1.97. The number of hydrogen-bond acceptors (Lipinski definition) is 2. The summed E-state index contributed by atoms with van der Waals surface area (Å²) in [5.74, 6) is -0.888. The Morgan fingerprint density at radius 3 is 2.94 bits per heavy atom. The summed E-state index contributed by atoms with van der Waals surface area (Å²) in [4.78, 5) is 11.8. The number of nitrogens with one attached hydrogen (secondary N) is 1. The van der Waals surface area contributed by atoms with Crippen molar-refractivity contribution in [1.82, 2.24) is 15.1 Å². The van der Waals surface area contributed by atoms with Crippen LogP contribution in [0.5, 0.6) is 0 Å². The van der Waals surface area contributed by atoms with Crippen LogP contribution in [0.2, 0.25) is 0 Å². The third kappa shape index (κ3) is 2.56. The molecule has 0 fully saturated rings. The standard InChI is InChI=1S/C13H14FN3O/c1-9-4-3-5-11(12(9)14)13(18)15-6-10-7-16-17(2)8-10/h3-5,7-8H,6H2,1-2H3,(H,15,18). The third-order valence-electron chi connectivity index (χ3n) is 2.65. The van der Waals surface area contributed by atoms with E-state index in [0.29, 0.717) is 12.1 Å². The summed E-state index contributed by atoms with van der Waals surface area (Å²) < 4.78 is 15.4. The van der Waals surface area contributed by atoms with Gasteiger partial charge in [-0.3, -0.25) is 9.48 Å². The molecule has 0 radical (unpaired) electrons. The first kappa shape index (κ1) is 12.3. The van der Waals surface area contributed by atoms with E-state index >= 15 is 0 Å². The largest absolute Gasteiger partial charge is 0.348 e. The molecule has 0 bridgehead atoms. The first-order chi connectivity index (χ1) is 8.58. The topological polar surface area (TPSA) is 46.9 Å². The van der Waals surface area contributed by atoms with Crippen LogP contribution in [0, 0.1) is 12.7 Å². The highest BCUT2D eigenvalue weighted by Gasteiger charge is 2.12. The molecule has 1 amide bonds. The molecule has 0 unspecified atom stereocenters. The highest BCUT2D eigenvalue weighted by molar-refractivity contribution is 5.94. The predicted molar refractivity (Wildman–Crippen MR) is 65.5 cm³/mol. The van der Waals surface area contributed by atoms with Gasteiger partial charge in [-0.1, -0.05) is 12.1 Å². The smallest absolute Gasteiger partial charge is 0.254 e. The zero-order valence-electron chi connectivity index (χ0n) is 10.3. The van der Waals surface area contributed by atoms with Gasteiger partial charge in [0.15, 0.2) is 0 Å². The lowest BCUT2D eigenvalue weighted by Crippen LogP contribution is -2.23. The van der Waals surface area contributed by atoms with Crippen molar-refractivity contribution < 1.29 is 9.18 Å². The van der Waals surface area contributed by atoms with Crippen molar-refractivity contribution in [1.29, 1.82) is 0 Å². The molecule has 4 nitrogen and oxygen atoms in total. The molecule has 1 heterocycles. The normalized spacial score (nSPS) is 10.4. The van der Waals surface area contributed by atoms with Gasteiger partial charge in [0.05, 0.1) is 11.8 Å². The van der Waals surface area contributed by atoms with Crippen LogP contribution in [-0.2, 0) is 13.6 Å². The lowest BCUT2D eigenvalue weighted by atomic mass is 10.1. The van der Waals surface area contributed by atoms with Gasteiger partial charge in [0.2, 0.25) is 0 Å². The van der Waals surface area contributed by atoms with Gasteiger partial charge in [-0.25, -0.2) is 4.39 Å². The van der Waals surface area contributed by atoms with Gasteiger partial charge in [-0.05, 0) is 18.6 Å². The van der Waals surface area contributed by atoms with Crippen molar-refractivity contribution in [3.63, 3.8) is 0 Å². The minimum atomic E-state index is -0.471. The Balaban J connectivity index is 2.06. The van der Waals surface area contributed by atoms with Gasteiger partial charge in [-0.15, -0.1) is 0 Å². The second-order valence-electron chi connectivity index (χ2n) is 4.14. The number of aromatic nitrogens is 2. The van der Waals surface area contributed by atoms with Gasteiger partial charge in [0.1, 0.15) is 5.82 Å². The lowest BCUT2D eigenvalue weighted by molar-refractivity contribution is 0.0946. The number of hydrogen-bond donors (Lipinski definition) is 1. The van der Waals surface area contributed by atoms with E-state index in [1.807, 2.05) is 0 Å². The fourth-order valence-corrected chi connectivity index (χ4v) is 1.66. The zero-order valence-corrected chi connectivity index (χ0v) is 10.3. The van der Waals surface area contributed by atoms with Gasteiger partial charge in [0, 0.05) is 25.4 Å². The van der Waals surface area contributed by atoms with E-state index in [-0.39, 0.29) is 5.56 Å². The first-order valence-corrected chi connectivity index (χ1v) is 5.59. The number of aryl methyl sites for hydroxylation is 2. The van der Waals surface area contributed by atoms with Crippen LogP contribution in [0.15, 0.2) is 30.6 Å². The van der Waals surface area contributed by atoms with Crippen molar-refractivity contribution in [2.45, 2.75) is 13.5 Å². The quantitative estimate of drug-likeness (QED) is 0.899. The summed E-state index contributed by atoms with van der Waals surface area (Å²) in [5.41, 5.74) is 1.40. The summed E-state index contributed by atoms with van der Waals surface area (Å²) in [5, 5.41) is 6.65.